The van der Waals surface area contributed by atoms with Crippen molar-refractivity contribution in [3.63, 3.8) is 0 Å². The number of ketones is 1. The van der Waals surface area contributed by atoms with Gasteiger partial charge in [0.1, 0.15) is 0 Å². The van der Waals surface area contributed by atoms with Gasteiger partial charge in [0.15, 0.2) is 5.76 Å². The second-order valence-electron chi connectivity index (χ2n) is 4.03. The molecule has 0 saturated carbocycles. The molecule has 0 unspecified atom stereocenters. The third kappa shape index (κ3) is 2.46. The van der Waals surface area contributed by atoms with Crippen LogP contribution in [0.2, 0.25) is 0 Å². The topological polar surface area (TPSA) is 59.5 Å². The Balaban J connectivity index is 1.86. The van der Waals surface area contributed by atoms with E-state index in [0.29, 0.717) is 24.8 Å². The molecule has 0 amide bonds. The molecule has 82 valence electrons. The molecule has 0 spiro atoms. The minimum absolute atomic E-state index is 0.0534. The van der Waals surface area contributed by atoms with Crippen molar-refractivity contribution in [2.45, 2.75) is 6.42 Å². The number of rotatable bonds is 4. The van der Waals surface area contributed by atoms with Gasteiger partial charge in [0.05, 0.1) is 12.8 Å². The minimum atomic E-state index is 0.0534. The van der Waals surface area contributed by atoms with E-state index in [1.807, 2.05) is 0 Å². The smallest absolute Gasteiger partial charge is 0.211 e. The third-order valence-corrected chi connectivity index (χ3v) is 2.87. The van der Waals surface area contributed by atoms with Gasteiger partial charge in [-0.2, -0.15) is 0 Å². The van der Waals surface area contributed by atoms with E-state index in [1.54, 1.807) is 12.1 Å². The highest BCUT2D eigenvalue weighted by Gasteiger charge is 2.23. The summed E-state index contributed by atoms with van der Waals surface area (Å²) in [6.07, 6.45) is 2.63. The summed E-state index contributed by atoms with van der Waals surface area (Å²) in [5, 5.41) is 0. The maximum absolute atomic E-state index is 11.7. The van der Waals surface area contributed by atoms with E-state index in [1.165, 1.54) is 6.26 Å². The number of carbonyl (C=O) groups excluding carboxylic acids is 1. The maximum atomic E-state index is 11.7. The number of carbonyl (C=O) groups is 1. The molecule has 0 radical (unpaired) electrons. The highest BCUT2D eigenvalue weighted by atomic mass is 16.3. The van der Waals surface area contributed by atoms with Crippen LogP contribution in [0.3, 0.4) is 0 Å². The zero-order chi connectivity index (χ0) is 10.7. The van der Waals surface area contributed by atoms with Crippen molar-refractivity contribution in [3.8, 4) is 0 Å². The van der Waals surface area contributed by atoms with Crippen LogP contribution in [0.15, 0.2) is 22.8 Å². The van der Waals surface area contributed by atoms with E-state index in [4.69, 9.17) is 10.2 Å². The first kappa shape index (κ1) is 10.4. The summed E-state index contributed by atoms with van der Waals surface area (Å²) in [6.45, 7) is 3.06. The number of hydrogen-bond acceptors (Lipinski definition) is 4. The molecular weight excluding hydrogens is 192 g/mol. The molecule has 0 aliphatic carbocycles. The number of hydrogen-bond donors (Lipinski definition) is 1. The Bertz CT molecular complexity index is 321. The molecule has 1 saturated heterocycles. The van der Waals surface area contributed by atoms with Crippen molar-refractivity contribution in [2.24, 2.45) is 11.7 Å². The molecule has 1 atom stereocenters. The second-order valence-corrected chi connectivity index (χ2v) is 4.03. The van der Waals surface area contributed by atoms with Gasteiger partial charge in [-0.1, -0.05) is 0 Å². The Labute approximate surface area is 89.0 Å². The number of nitrogens with zero attached hydrogens (tertiary/aromatic N) is 1. The van der Waals surface area contributed by atoms with Gasteiger partial charge in [-0.05, 0) is 37.6 Å². The first-order valence-electron chi connectivity index (χ1n) is 5.28. The SMILES string of the molecule is NC[C@H]1CCN(CC(=O)c2ccco2)C1. The fourth-order valence-corrected chi connectivity index (χ4v) is 1.97. The molecule has 4 heteroatoms. The molecule has 0 aromatic carbocycles. The standard InChI is InChI=1S/C11H16N2O2/c12-6-9-3-4-13(7-9)8-10(14)11-2-1-5-15-11/h1-2,5,9H,3-4,6-8,12H2/t9-/m1/s1. The lowest BCUT2D eigenvalue weighted by Gasteiger charge is -2.13. The van der Waals surface area contributed by atoms with Crippen LogP contribution in [0.25, 0.3) is 0 Å². The van der Waals surface area contributed by atoms with Crippen LogP contribution in [0.4, 0.5) is 0 Å². The van der Waals surface area contributed by atoms with E-state index >= 15 is 0 Å². The molecular formula is C11H16N2O2. The highest BCUT2D eigenvalue weighted by Crippen LogP contribution is 2.15. The van der Waals surface area contributed by atoms with Crippen molar-refractivity contribution in [3.05, 3.63) is 24.2 Å². The Morgan fingerprint density at radius 1 is 1.67 bits per heavy atom. The normalized spacial score (nSPS) is 22.1. The van der Waals surface area contributed by atoms with E-state index in [-0.39, 0.29) is 5.78 Å². The predicted molar refractivity (Wildman–Crippen MR) is 56.6 cm³/mol. The Morgan fingerprint density at radius 2 is 2.53 bits per heavy atom. The predicted octanol–water partition coefficient (Wildman–Crippen LogP) is 0.743. The van der Waals surface area contributed by atoms with Crippen molar-refractivity contribution in [1.82, 2.24) is 4.90 Å². The van der Waals surface area contributed by atoms with Gasteiger partial charge in [0.25, 0.3) is 0 Å². The van der Waals surface area contributed by atoms with Crippen molar-refractivity contribution in [1.29, 1.82) is 0 Å². The number of Topliss-reactive ketones (excluding diaryl/α,β-unsaturated/α-hetero) is 1. The van der Waals surface area contributed by atoms with Gasteiger partial charge in [0, 0.05) is 6.54 Å². The van der Waals surface area contributed by atoms with E-state index in [2.05, 4.69) is 4.90 Å². The van der Waals surface area contributed by atoms with E-state index in [9.17, 15) is 4.79 Å². The summed E-state index contributed by atoms with van der Waals surface area (Å²) in [7, 11) is 0. The molecule has 1 aliphatic rings. The summed E-state index contributed by atoms with van der Waals surface area (Å²) >= 11 is 0. The summed E-state index contributed by atoms with van der Waals surface area (Å²) < 4.78 is 5.06. The van der Waals surface area contributed by atoms with Crippen LogP contribution >= 0.6 is 0 Å². The lowest BCUT2D eigenvalue weighted by atomic mass is 10.1. The lowest BCUT2D eigenvalue weighted by Crippen LogP contribution is -2.28. The highest BCUT2D eigenvalue weighted by molar-refractivity contribution is 5.95. The largest absolute Gasteiger partial charge is 0.461 e. The van der Waals surface area contributed by atoms with Gasteiger partial charge in [-0.15, -0.1) is 0 Å². The number of furan rings is 1. The summed E-state index contributed by atoms with van der Waals surface area (Å²) in [6, 6.07) is 3.44. The first-order valence-corrected chi connectivity index (χ1v) is 5.28. The van der Waals surface area contributed by atoms with Crippen molar-refractivity contribution in [2.75, 3.05) is 26.2 Å². The summed E-state index contributed by atoms with van der Waals surface area (Å²) in [5.41, 5.74) is 5.59. The van der Waals surface area contributed by atoms with Crippen LogP contribution in [-0.4, -0.2) is 36.9 Å². The molecule has 1 aromatic heterocycles. The van der Waals surface area contributed by atoms with Crippen LogP contribution < -0.4 is 5.73 Å². The van der Waals surface area contributed by atoms with E-state index < -0.39 is 0 Å². The fraction of sp³-hybridized carbons (Fsp3) is 0.545. The Kier molecular flexibility index (Phi) is 3.18. The molecule has 2 heterocycles. The second kappa shape index (κ2) is 4.59. The van der Waals surface area contributed by atoms with Gasteiger partial charge in [-0.25, -0.2) is 0 Å². The monoisotopic (exact) mass is 208 g/mol. The third-order valence-electron chi connectivity index (χ3n) is 2.87. The van der Waals surface area contributed by atoms with Crippen LogP contribution in [0, 0.1) is 5.92 Å². The van der Waals surface area contributed by atoms with Crippen LogP contribution in [-0.2, 0) is 0 Å². The average molecular weight is 208 g/mol. The lowest BCUT2D eigenvalue weighted by molar-refractivity contribution is 0.0916. The van der Waals surface area contributed by atoms with Crippen molar-refractivity contribution < 1.29 is 9.21 Å². The summed E-state index contributed by atoms with van der Waals surface area (Å²) in [5.74, 6) is 1.05. The molecule has 15 heavy (non-hydrogen) atoms. The summed E-state index contributed by atoms with van der Waals surface area (Å²) in [4.78, 5) is 13.8. The first-order chi connectivity index (χ1) is 7.29. The number of nitrogens with two attached hydrogens (primary N) is 1. The van der Waals surface area contributed by atoms with E-state index in [0.717, 1.165) is 19.5 Å². The molecule has 2 N–H and O–H groups in total. The number of likely N-dealkylation sites (tertiary alicyclic amines) is 1. The molecule has 4 nitrogen and oxygen atoms in total. The molecule has 1 aromatic rings. The maximum Gasteiger partial charge on any atom is 0.211 e. The van der Waals surface area contributed by atoms with Gasteiger partial charge >= 0.3 is 0 Å². The van der Waals surface area contributed by atoms with Gasteiger partial charge in [0.2, 0.25) is 5.78 Å². The molecule has 2 rings (SSSR count). The van der Waals surface area contributed by atoms with Gasteiger partial charge in [-0.3, -0.25) is 9.69 Å². The average Bonchev–Trinajstić information content (AvgIpc) is 2.87. The molecule has 0 bridgehead atoms. The fourth-order valence-electron chi connectivity index (χ4n) is 1.97. The van der Waals surface area contributed by atoms with Crippen LogP contribution in [0.5, 0.6) is 0 Å². The zero-order valence-electron chi connectivity index (χ0n) is 8.69. The Hall–Kier alpha value is -1.13. The zero-order valence-corrected chi connectivity index (χ0v) is 8.69. The van der Waals surface area contributed by atoms with Gasteiger partial charge < -0.3 is 10.2 Å². The molecule has 1 fully saturated rings. The Morgan fingerprint density at radius 3 is 3.13 bits per heavy atom. The quantitative estimate of drug-likeness (QED) is 0.741. The van der Waals surface area contributed by atoms with Crippen LogP contribution in [0.1, 0.15) is 17.0 Å². The minimum Gasteiger partial charge on any atom is -0.461 e. The molecule has 1 aliphatic heterocycles. The van der Waals surface area contributed by atoms with Crippen molar-refractivity contribution >= 4 is 5.78 Å².